The van der Waals surface area contributed by atoms with Crippen LogP contribution in [0.2, 0.25) is 0 Å². The van der Waals surface area contributed by atoms with Crippen molar-refractivity contribution in [1.82, 2.24) is 4.90 Å². The first-order chi connectivity index (χ1) is 7.58. The molecule has 0 bridgehead atoms. The smallest absolute Gasteiger partial charge is 0.253 e. The molecule has 0 aliphatic carbocycles. The summed E-state index contributed by atoms with van der Waals surface area (Å²) in [5, 5.41) is 0. The van der Waals surface area contributed by atoms with Crippen LogP contribution in [0.1, 0.15) is 24.2 Å². The van der Waals surface area contributed by atoms with E-state index in [2.05, 4.69) is 26.5 Å². The van der Waals surface area contributed by atoms with E-state index in [9.17, 15) is 4.79 Å². The standard InChI is InChI=1S/C13H17NOS/c1-9-7-14(8-10(9)2)13(15)11-4-3-5-12(16)6-11/h3-6,9-10,16H,7-8H2,1-2H3. The molecule has 0 N–H and O–H groups in total. The zero-order valence-electron chi connectivity index (χ0n) is 9.68. The molecule has 2 nitrogen and oxygen atoms in total. The van der Waals surface area contributed by atoms with Gasteiger partial charge in [0.2, 0.25) is 0 Å². The van der Waals surface area contributed by atoms with Crippen LogP contribution in [0, 0.1) is 11.8 Å². The average molecular weight is 235 g/mol. The lowest BCUT2D eigenvalue weighted by Crippen LogP contribution is -2.28. The quantitative estimate of drug-likeness (QED) is 0.742. The summed E-state index contributed by atoms with van der Waals surface area (Å²) in [6, 6.07) is 7.45. The second kappa shape index (κ2) is 4.50. The molecule has 0 saturated carbocycles. The van der Waals surface area contributed by atoms with E-state index in [1.54, 1.807) is 0 Å². The molecule has 0 radical (unpaired) electrons. The minimum absolute atomic E-state index is 0.132. The Balaban J connectivity index is 2.14. The molecule has 2 rings (SSSR count). The number of carbonyl (C=O) groups is 1. The molecule has 1 saturated heterocycles. The van der Waals surface area contributed by atoms with E-state index in [1.807, 2.05) is 29.2 Å². The zero-order valence-corrected chi connectivity index (χ0v) is 10.6. The second-order valence-corrected chi connectivity index (χ2v) is 5.23. The number of hydrogen-bond donors (Lipinski definition) is 1. The molecule has 0 spiro atoms. The van der Waals surface area contributed by atoms with Crippen molar-refractivity contribution in [2.45, 2.75) is 18.7 Å². The summed E-state index contributed by atoms with van der Waals surface area (Å²) < 4.78 is 0. The van der Waals surface area contributed by atoms with Crippen LogP contribution in [0.25, 0.3) is 0 Å². The molecule has 1 aliphatic rings. The largest absolute Gasteiger partial charge is 0.338 e. The van der Waals surface area contributed by atoms with Gasteiger partial charge in [-0.25, -0.2) is 0 Å². The van der Waals surface area contributed by atoms with Crippen molar-refractivity contribution in [1.29, 1.82) is 0 Å². The Morgan fingerprint density at radius 3 is 2.50 bits per heavy atom. The summed E-state index contributed by atoms with van der Waals surface area (Å²) in [4.78, 5) is 15.0. The summed E-state index contributed by atoms with van der Waals surface area (Å²) in [5.74, 6) is 1.33. The molecule has 1 aromatic rings. The summed E-state index contributed by atoms with van der Waals surface area (Å²) >= 11 is 4.26. The highest BCUT2D eigenvalue weighted by Crippen LogP contribution is 2.24. The summed E-state index contributed by atoms with van der Waals surface area (Å²) in [5.41, 5.74) is 0.744. The number of hydrogen-bond acceptors (Lipinski definition) is 2. The van der Waals surface area contributed by atoms with Crippen molar-refractivity contribution in [2.24, 2.45) is 11.8 Å². The summed E-state index contributed by atoms with van der Waals surface area (Å²) in [6.07, 6.45) is 0. The van der Waals surface area contributed by atoms with Gasteiger partial charge < -0.3 is 4.90 Å². The monoisotopic (exact) mass is 235 g/mol. The van der Waals surface area contributed by atoms with Gasteiger partial charge in [-0.3, -0.25) is 4.79 Å². The first-order valence-corrected chi connectivity index (χ1v) is 6.11. The van der Waals surface area contributed by atoms with Gasteiger partial charge in [0.05, 0.1) is 0 Å². The Labute approximate surface area is 102 Å². The molecule has 1 heterocycles. The average Bonchev–Trinajstić information content (AvgIpc) is 2.58. The first-order valence-electron chi connectivity index (χ1n) is 5.66. The van der Waals surface area contributed by atoms with E-state index in [1.165, 1.54) is 0 Å². The van der Waals surface area contributed by atoms with Crippen molar-refractivity contribution in [3.63, 3.8) is 0 Å². The van der Waals surface area contributed by atoms with Gasteiger partial charge >= 0.3 is 0 Å². The van der Waals surface area contributed by atoms with Crippen LogP contribution in [-0.2, 0) is 0 Å². The molecule has 3 heteroatoms. The molecule has 2 atom stereocenters. The maximum Gasteiger partial charge on any atom is 0.253 e. The lowest BCUT2D eigenvalue weighted by molar-refractivity contribution is 0.0784. The fourth-order valence-electron chi connectivity index (χ4n) is 2.12. The lowest BCUT2D eigenvalue weighted by atomic mass is 10.0. The molecular formula is C13H17NOS. The topological polar surface area (TPSA) is 20.3 Å². The second-order valence-electron chi connectivity index (χ2n) is 4.72. The number of rotatable bonds is 1. The molecule has 16 heavy (non-hydrogen) atoms. The van der Waals surface area contributed by atoms with Crippen LogP contribution in [0.3, 0.4) is 0 Å². The maximum absolute atomic E-state index is 12.2. The number of thiol groups is 1. The van der Waals surface area contributed by atoms with Crippen LogP contribution >= 0.6 is 12.6 Å². The van der Waals surface area contributed by atoms with Gasteiger partial charge in [-0.15, -0.1) is 12.6 Å². The highest BCUT2D eigenvalue weighted by atomic mass is 32.1. The Bertz CT molecular complexity index is 395. The van der Waals surface area contributed by atoms with Gasteiger partial charge in [-0.1, -0.05) is 19.9 Å². The molecule has 1 amide bonds. The number of likely N-dealkylation sites (tertiary alicyclic amines) is 1. The lowest BCUT2D eigenvalue weighted by Gasteiger charge is -2.16. The third kappa shape index (κ3) is 2.24. The fraction of sp³-hybridized carbons (Fsp3) is 0.462. The SMILES string of the molecule is CC1CN(C(=O)c2cccc(S)c2)CC1C. The minimum Gasteiger partial charge on any atom is -0.338 e. The van der Waals surface area contributed by atoms with Crippen molar-refractivity contribution in [3.8, 4) is 0 Å². The third-order valence-electron chi connectivity index (χ3n) is 3.37. The summed E-state index contributed by atoms with van der Waals surface area (Å²) in [6.45, 7) is 6.15. The van der Waals surface area contributed by atoms with E-state index in [-0.39, 0.29) is 5.91 Å². The van der Waals surface area contributed by atoms with Crippen LogP contribution in [0.5, 0.6) is 0 Å². The van der Waals surface area contributed by atoms with Crippen molar-refractivity contribution in [2.75, 3.05) is 13.1 Å². The van der Waals surface area contributed by atoms with Crippen LogP contribution in [-0.4, -0.2) is 23.9 Å². The predicted octanol–water partition coefficient (Wildman–Crippen LogP) is 2.70. The van der Waals surface area contributed by atoms with Gasteiger partial charge in [0, 0.05) is 23.5 Å². The zero-order chi connectivity index (χ0) is 11.7. The number of nitrogens with zero attached hydrogens (tertiary/aromatic N) is 1. The highest BCUT2D eigenvalue weighted by Gasteiger charge is 2.29. The highest BCUT2D eigenvalue weighted by molar-refractivity contribution is 7.80. The number of amides is 1. The van der Waals surface area contributed by atoms with Crippen molar-refractivity contribution in [3.05, 3.63) is 29.8 Å². The Kier molecular flexibility index (Phi) is 3.24. The van der Waals surface area contributed by atoms with Crippen LogP contribution in [0.15, 0.2) is 29.2 Å². The first kappa shape index (κ1) is 11.5. The van der Waals surface area contributed by atoms with Crippen LogP contribution < -0.4 is 0 Å². The van der Waals surface area contributed by atoms with Gasteiger partial charge in [-0.2, -0.15) is 0 Å². The van der Waals surface area contributed by atoms with E-state index in [0.29, 0.717) is 11.8 Å². The molecule has 2 unspecified atom stereocenters. The third-order valence-corrected chi connectivity index (χ3v) is 3.65. The molecule has 1 aliphatic heterocycles. The van der Waals surface area contributed by atoms with E-state index >= 15 is 0 Å². The van der Waals surface area contributed by atoms with E-state index < -0.39 is 0 Å². The normalized spacial score (nSPS) is 24.8. The van der Waals surface area contributed by atoms with Gasteiger partial charge in [0.15, 0.2) is 0 Å². The number of carbonyl (C=O) groups excluding carboxylic acids is 1. The van der Waals surface area contributed by atoms with E-state index in [0.717, 1.165) is 23.5 Å². The van der Waals surface area contributed by atoms with Gasteiger partial charge in [0.25, 0.3) is 5.91 Å². The van der Waals surface area contributed by atoms with Gasteiger partial charge in [0.1, 0.15) is 0 Å². The predicted molar refractivity (Wildman–Crippen MR) is 67.9 cm³/mol. The molecule has 1 fully saturated rings. The molecule has 0 aromatic heterocycles. The number of benzene rings is 1. The van der Waals surface area contributed by atoms with Gasteiger partial charge in [-0.05, 0) is 30.0 Å². The van der Waals surface area contributed by atoms with Crippen LogP contribution in [0.4, 0.5) is 0 Å². The Morgan fingerprint density at radius 1 is 1.31 bits per heavy atom. The summed E-state index contributed by atoms with van der Waals surface area (Å²) in [7, 11) is 0. The van der Waals surface area contributed by atoms with Crippen molar-refractivity contribution >= 4 is 18.5 Å². The Morgan fingerprint density at radius 2 is 1.94 bits per heavy atom. The fourth-order valence-corrected chi connectivity index (χ4v) is 2.34. The Hall–Kier alpha value is -0.960. The molecule has 1 aromatic carbocycles. The molecular weight excluding hydrogens is 218 g/mol. The minimum atomic E-state index is 0.132. The maximum atomic E-state index is 12.2. The van der Waals surface area contributed by atoms with E-state index in [4.69, 9.17) is 0 Å². The van der Waals surface area contributed by atoms with Crippen molar-refractivity contribution < 1.29 is 4.79 Å². The molecule has 86 valence electrons.